The summed E-state index contributed by atoms with van der Waals surface area (Å²) in [6.07, 6.45) is 20.4. The highest BCUT2D eigenvalue weighted by molar-refractivity contribution is 5.76. The van der Waals surface area contributed by atoms with E-state index in [0.29, 0.717) is 13.0 Å². The van der Waals surface area contributed by atoms with Crippen molar-refractivity contribution in [2.45, 2.75) is 128 Å². The predicted molar refractivity (Wildman–Crippen MR) is 119 cm³/mol. The second-order valence-corrected chi connectivity index (χ2v) is 8.57. The summed E-state index contributed by atoms with van der Waals surface area (Å²) in [6.45, 7) is 3.21. The van der Waals surface area contributed by atoms with Crippen molar-refractivity contribution >= 4 is 5.91 Å². The zero-order chi connectivity index (χ0) is 21.0. The van der Waals surface area contributed by atoms with E-state index in [4.69, 9.17) is 9.47 Å². The van der Waals surface area contributed by atoms with Gasteiger partial charge in [0, 0.05) is 13.0 Å². The quantitative estimate of drug-likeness (QED) is 0.275. The predicted octanol–water partition coefficient (Wildman–Crippen LogP) is 5.49. The van der Waals surface area contributed by atoms with Gasteiger partial charge in [0.05, 0.1) is 19.3 Å². The summed E-state index contributed by atoms with van der Waals surface area (Å²) in [5, 5.41) is 12.3. The first-order chi connectivity index (χ1) is 14.3. The van der Waals surface area contributed by atoms with E-state index < -0.39 is 0 Å². The maximum atomic E-state index is 12.1. The molecule has 1 aliphatic heterocycles. The fourth-order valence-corrected chi connectivity index (χ4v) is 3.81. The lowest BCUT2D eigenvalue weighted by Crippen LogP contribution is -2.42. The Kier molecular flexibility index (Phi) is 17.6. The third-order valence-corrected chi connectivity index (χ3v) is 5.71. The molecule has 2 N–H and O–H groups in total. The maximum absolute atomic E-state index is 12.1. The van der Waals surface area contributed by atoms with Gasteiger partial charge < -0.3 is 19.9 Å². The number of nitrogens with one attached hydrogen (secondary N) is 1. The lowest BCUT2D eigenvalue weighted by molar-refractivity contribution is -0.168. The molecule has 0 aromatic carbocycles. The lowest BCUT2D eigenvalue weighted by Gasteiger charge is -2.25. The first kappa shape index (κ1) is 26.4. The smallest absolute Gasteiger partial charge is 0.220 e. The molecule has 0 radical (unpaired) electrons. The molecule has 1 fully saturated rings. The van der Waals surface area contributed by atoms with Gasteiger partial charge in [-0.15, -0.1) is 0 Å². The molecule has 2 atom stereocenters. The van der Waals surface area contributed by atoms with Crippen LogP contribution in [0.15, 0.2) is 0 Å². The molecule has 0 aromatic rings. The zero-order valence-corrected chi connectivity index (χ0v) is 19.0. The fraction of sp³-hybridized carbons (Fsp3) is 0.958. The van der Waals surface area contributed by atoms with Gasteiger partial charge in [-0.3, -0.25) is 4.79 Å². The van der Waals surface area contributed by atoms with Crippen LogP contribution in [0.1, 0.15) is 116 Å². The Morgan fingerprint density at radius 2 is 1.55 bits per heavy atom. The number of hydrogen-bond acceptors (Lipinski definition) is 4. The van der Waals surface area contributed by atoms with Crippen LogP contribution in [0.5, 0.6) is 0 Å². The summed E-state index contributed by atoms with van der Waals surface area (Å²) < 4.78 is 11.2. The summed E-state index contributed by atoms with van der Waals surface area (Å²) in [5.41, 5.74) is 0. The van der Waals surface area contributed by atoms with Crippen LogP contribution in [0.2, 0.25) is 0 Å². The van der Waals surface area contributed by atoms with Gasteiger partial charge >= 0.3 is 0 Å². The fourth-order valence-electron chi connectivity index (χ4n) is 3.81. The van der Waals surface area contributed by atoms with Gasteiger partial charge in [0.2, 0.25) is 5.91 Å². The lowest BCUT2D eigenvalue weighted by atomic mass is 10.0. The summed E-state index contributed by atoms with van der Waals surface area (Å²) in [7, 11) is 0. The molecule has 1 rings (SSSR count). The van der Waals surface area contributed by atoms with Crippen molar-refractivity contribution in [1.29, 1.82) is 0 Å². The maximum Gasteiger partial charge on any atom is 0.220 e. The minimum Gasteiger partial charge on any atom is -0.394 e. The number of carbonyl (C=O) groups excluding carboxylic acids is 1. The largest absolute Gasteiger partial charge is 0.394 e. The average Bonchev–Trinajstić information content (AvgIpc) is 2.75. The average molecular weight is 414 g/mol. The molecule has 0 spiro atoms. The van der Waals surface area contributed by atoms with E-state index in [1.165, 1.54) is 70.6 Å². The number of ether oxygens (including phenoxy) is 2. The van der Waals surface area contributed by atoms with Crippen molar-refractivity contribution in [3.8, 4) is 0 Å². The number of amides is 1. The molecule has 172 valence electrons. The van der Waals surface area contributed by atoms with E-state index in [-0.39, 0.29) is 24.8 Å². The molecular weight excluding hydrogens is 366 g/mol. The Labute approximate surface area is 179 Å². The Bertz CT molecular complexity index is 372. The molecule has 0 aliphatic carbocycles. The number of aliphatic hydroxyl groups is 1. The normalized spacial score (nSPS) is 17.9. The van der Waals surface area contributed by atoms with Crippen LogP contribution < -0.4 is 5.32 Å². The first-order valence-corrected chi connectivity index (χ1v) is 12.4. The summed E-state index contributed by atoms with van der Waals surface area (Å²) in [4.78, 5) is 12.1. The van der Waals surface area contributed by atoms with Gasteiger partial charge in [0.1, 0.15) is 0 Å². The number of carbonyl (C=O) groups is 1. The van der Waals surface area contributed by atoms with Crippen LogP contribution in [0.4, 0.5) is 0 Å². The Hall–Kier alpha value is -0.650. The standard InChI is InChI=1S/C24H47NO4/c1-2-3-4-5-6-7-8-9-10-11-12-13-14-17-23(27)25-22(20-26)21-29-24-18-15-16-19-28-24/h22,24,26H,2-21H2,1H3,(H,25,27). The molecule has 0 aromatic heterocycles. The van der Waals surface area contributed by atoms with Crippen LogP contribution >= 0.6 is 0 Å². The van der Waals surface area contributed by atoms with Gasteiger partial charge in [-0.05, 0) is 25.7 Å². The summed E-state index contributed by atoms with van der Waals surface area (Å²) >= 11 is 0. The van der Waals surface area contributed by atoms with E-state index in [1.54, 1.807) is 0 Å². The second-order valence-electron chi connectivity index (χ2n) is 8.57. The molecular formula is C24H47NO4. The van der Waals surface area contributed by atoms with E-state index in [2.05, 4.69) is 12.2 Å². The van der Waals surface area contributed by atoms with Crippen LogP contribution in [-0.2, 0) is 14.3 Å². The van der Waals surface area contributed by atoms with Gasteiger partial charge in [0.15, 0.2) is 6.29 Å². The zero-order valence-electron chi connectivity index (χ0n) is 19.0. The van der Waals surface area contributed by atoms with Crippen molar-refractivity contribution in [1.82, 2.24) is 5.32 Å². The molecule has 0 saturated carbocycles. The minimum atomic E-state index is -0.338. The molecule has 2 unspecified atom stereocenters. The summed E-state index contributed by atoms with van der Waals surface area (Å²) in [5.74, 6) is 0.0142. The highest BCUT2D eigenvalue weighted by Crippen LogP contribution is 2.14. The Morgan fingerprint density at radius 1 is 0.966 bits per heavy atom. The van der Waals surface area contributed by atoms with E-state index >= 15 is 0 Å². The second kappa shape index (κ2) is 19.3. The number of unbranched alkanes of at least 4 members (excludes halogenated alkanes) is 12. The van der Waals surface area contributed by atoms with Gasteiger partial charge in [-0.2, -0.15) is 0 Å². The highest BCUT2D eigenvalue weighted by Gasteiger charge is 2.17. The first-order valence-electron chi connectivity index (χ1n) is 12.4. The van der Waals surface area contributed by atoms with E-state index in [9.17, 15) is 9.90 Å². The van der Waals surface area contributed by atoms with Crippen molar-refractivity contribution in [3.05, 3.63) is 0 Å². The topological polar surface area (TPSA) is 67.8 Å². The van der Waals surface area contributed by atoms with Gasteiger partial charge in [-0.1, -0.05) is 84.0 Å². The number of rotatable bonds is 19. The Balaban J connectivity index is 1.88. The molecule has 1 amide bonds. The molecule has 5 nitrogen and oxygen atoms in total. The monoisotopic (exact) mass is 413 g/mol. The van der Waals surface area contributed by atoms with Crippen molar-refractivity contribution < 1.29 is 19.4 Å². The van der Waals surface area contributed by atoms with Crippen molar-refractivity contribution in [3.63, 3.8) is 0 Å². The molecule has 1 heterocycles. The Morgan fingerprint density at radius 3 is 2.07 bits per heavy atom. The van der Waals surface area contributed by atoms with Crippen LogP contribution in [0.3, 0.4) is 0 Å². The molecule has 29 heavy (non-hydrogen) atoms. The van der Waals surface area contributed by atoms with Gasteiger partial charge in [0.25, 0.3) is 0 Å². The van der Waals surface area contributed by atoms with Crippen LogP contribution in [0.25, 0.3) is 0 Å². The van der Waals surface area contributed by atoms with Crippen LogP contribution in [0, 0.1) is 0 Å². The number of hydrogen-bond donors (Lipinski definition) is 2. The van der Waals surface area contributed by atoms with Crippen LogP contribution in [-0.4, -0.2) is 43.2 Å². The summed E-state index contributed by atoms with van der Waals surface area (Å²) in [6, 6.07) is -0.338. The van der Waals surface area contributed by atoms with Crippen molar-refractivity contribution in [2.24, 2.45) is 0 Å². The number of aliphatic hydroxyl groups excluding tert-OH is 1. The molecule has 0 bridgehead atoms. The third kappa shape index (κ3) is 15.8. The van der Waals surface area contributed by atoms with Crippen molar-refractivity contribution in [2.75, 3.05) is 19.8 Å². The van der Waals surface area contributed by atoms with E-state index in [0.717, 1.165) is 38.7 Å². The minimum absolute atomic E-state index is 0.0142. The molecule has 1 aliphatic rings. The van der Waals surface area contributed by atoms with E-state index in [1.807, 2.05) is 0 Å². The third-order valence-electron chi connectivity index (χ3n) is 5.71. The molecule has 1 saturated heterocycles. The molecule has 5 heteroatoms. The highest BCUT2D eigenvalue weighted by atomic mass is 16.7. The SMILES string of the molecule is CCCCCCCCCCCCCCCC(=O)NC(CO)COC1CCCCO1. The van der Waals surface area contributed by atoms with Gasteiger partial charge in [-0.25, -0.2) is 0 Å².